The van der Waals surface area contributed by atoms with Gasteiger partial charge in [0.1, 0.15) is 0 Å². The smallest absolute Gasteiger partial charge is 0.250 e. The number of rotatable bonds is 14. The monoisotopic (exact) mass is 571 g/mol. The molecule has 0 aliphatic carbocycles. The Balaban J connectivity index is 1.51. The number of ether oxygens (including phenoxy) is 2. The Labute approximate surface area is 244 Å². The first-order valence-corrected chi connectivity index (χ1v) is 13.2. The van der Waals surface area contributed by atoms with Crippen LogP contribution in [0.4, 0.5) is 10.1 Å². The molecule has 10 nitrogen and oxygen atoms in total. The average Bonchev–Trinajstić information content (AvgIpc) is 3.39. The summed E-state index contributed by atoms with van der Waals surface area (Å²) in [4.78, 5) is 12.0. The summed E-state index contributed by atoms with van der Waals surface area (Å²) in [7, 11) is 4.53. The molecule has 42 heavy (non-hydrogen) atoms. The molecule has 0 spiro atoms. The molecular weight excluding hydrogens is 537 g/mol. The van der Waals surface area contributed by atoms with Crippen molar-refractivity contribution in [3.8, 4) is 5.75 Å². The minimum absolute atomic E-state index is 0.0416. The first-order valence-electron chi connectivity index (χ1n) is 13.2. The molecule has 0 fully saturated rings. The summed E-state index contributed by atoms with van der Waals surface area (Å²) in [5.74, 6) is -0.421. The van der Waals surface area contributed by atoms with E-state index in [-0.39, 0.29) is 24.5 Å². The van der Waals surface area contributed by atoms with Crippen molar-refractivity contribution in [2.75, 3.05) is 26.3 Å². The standard InChI is InChI=1S/C31H34FN7O3/c1-6-39(36-33-3)28-14-15-29(42-5)31(32)25(28)17-34-22(2)26-20-38(35-27(26)21-41-4)19-24-12-10-23(11-13-24)18-37-16-8-7-9-30(37)40/h6-16,20,34H,1-2,17-19,21H2,3-5H3. The highest BCUT2D eigenvalue weighted by atomic mass is 19.1. The minimum atomic E-state index is -0.526. The van der Waals surface area contributed by atoms with Crippen LogP contribution in [0.2, 0.25) is 0 Å². The van der Waals surface area contributed by atoms with E-state index in [0.29, 0.717) is 35.7 Å². The number of benzene rings is 2. The highest BCUT2D eigenvalue weighted by Gasteiger charge is 2.19. The molecule has 0 atom stereocenters. The zero-order valence-corrected chi connectivity index (χ0v) is 24.0. The first-order chi connectivity index (χ1) is 20.4. The van der Waals surface area contributed by atoms with Gasteiger partial charge in [-0.05, 0) is 29.3 Å². The molecule has 2 heterocycles. The fourth-order valence-electron chi connectivity index (χ4n) is 4.46. The average molecular weight is 572 g/mol. The van der Waals surface area contributed by atoms with Gasteiger partial charge in [0.25, 0.3) is 5.56 Å². The maximum absolute atomic E-state index is 15.4. The quantitative estimate of drug-likeness (QED) is 0.166. The van der Waals surface area contributed by atoms with E-state index in [1.54, 1.807) is 36.1 Å². The number of hydrogen-bond donors (Lipinski definition) is 1. The van der Waals surface area contributed by atoms with Gasteiger partial charge in [-0.2, -0.15) is 10.2 Å². The summed E-state index contributed by atoms with van der Waals surface area (Å²) in [6.07, 6.45) is 5.10. The third kappa shape index (κ3) is 6.99. The van der Waals surface area contributed by atoms with Crippen molar-refractivity contribution in [2.45, 2.75) is 26.2 Å². The SMILES string of the molecule is C=CN(N=NC)c1ccc(OC)c(F)c1CNC(=C)c1cn(Cc2ccc(Cn3ccccc3=O)cc2)nc1COC. The van der Waals surface area contributed by atoms with E-state index in [1.807, 2.05) is 41.2 Å². The number of nitrogens with zero attached hydrogens (tertiary/aromatic N) is 6. The number of pyridine rings is 1. The normalized spacial score (nSPS) is 11.0. The number of halogens is 1. The van der Waals surface area contributed by atoms with Crippen LogP contribution in [0.15, 0.2) is 101 Å². The lowest BCUT2D eigenvalue weighted by atomic mass is 10.1. The lowest BCUT2D eigenvalue weighted by Gasteiger charge is -2.20. The molecule has 4 aromatic rings. The molecule has 0 bridgehead atoms. The van der Waals surface area contributed by atoms with Crippen LogP contribution in [0.3, 0.4) is 0 Å². The Morgan fingerprint density at radius 3 is 2.50 bits per heavy atom. The molecule has 0 saturated heterocycles. The third-order valence-electron chi connectivity index (χ3n) is 6.55. The summed E-state index contributed by atoms with van der Waals surface area (Å²) in [6.45, 7) is 9.31. The minimum Gasteiger partial charge on any atom is -0.494 e. The van der Waals surface area contributed by atoms with Crippen LogP contribution in [0.25, 0.3) is 5.70 Å². The van der Waals surface area contributed by atoms with Crippen LogP contribution in [0.1, 0.15) is 27.9 Å². The van der Waals surface area contributed by atoms with Gasteiger partial charge in [0, 0.05) is 55.1 Å². The van der Waals surface area contributed by atoms with E-state index >= 15 is 4.39 Å². The first kappa shape index (κ1) is 29.9. The number of aromatic nitrogens is 3. The lowest BCUT2D eigenvalue weighted by Crippen LogP contribution is -2.18. The summed E-state index contributed by atoms with van der Waals surface area (Å²) < 4.78 is 29.4. The topological polar surface area (TPSA) is 98.3 Å². The van der Waals surface area contributed by atoms with E-state index < -0.39 is 5.82 Å². The number of methoxy groups -OCH3 is 2. The Hall–Kier alpha value is -5.03. The van der Waals surface area contributed by atoms with Crippen molar-refractivity contribution in [1.29, 1.82) is 0 Å². The van der Waals surface area contributed by atoms with Crippen molar-refractivity contribution < 1.29 is 13.9 Å². The number of anilines is 1. The maximum atomic E-state index is 15.4. The second kappa shape index (κ2) is 14.0. The lowest BCUT2D eigenvalue weighted by molar-refractivity contribution is 0.180. The van der Waals surface area contributed by atoms with Crippen molar-refractivity contribution in [3.05, 3.63) is 130 Å². The Bertz CT molecular complexity index is 1630. The predicted octanol–water partition coefficient (Wildman–Crippen LogP) is 5.14. The van der Waals surface area contributed by atoms with Crippen LogP contribution in [-0.2, 0) is 31.0 Å². The molecule has 0 aliphatic rings. The summed E-state index contributed by atoms with van der Waals surface area (Å²) in [6, 6.07) is 16.4. The summed E-state index contributed by atoms with van der Waals surface area (Å²) in [5, 5.41) is 17.1. The van der Waals surface area contributed by atoms with Gasteiger partial charge in [0.05, 0.1) is 45.2 Å². The van der Waals surface area contributed by atoms with Crippen LogP contribution in [-0.4, -0.2) is 35.6 Å². The molecule has 2 aromatic heterocycles. The van der Waals surface area contributed by atoms with Gasteiger partial charge in [0.15, 0.2) is 11.6 Å². The highest BCUT2D eigenvalue weighted by Crippen LogP contribution is 2.31. The van der Waals surface area contributed by atoms with E-state index in [9.17, 15) is 4.79 Å². The molecule has 4 rings (SSSR count). The van der Waals surface area contributed by atoms with Gasteiger partial charge < -0.3 is 19.4 Å². The predicted molar refractivity (Wildman–Crippen MR) is 161 cm³/mol. The molecule has 2 aromatic carbocycles. The molecule has 0 aliphatic heterocycles. The van der Waals surface area contributed by atoms with Gasteiger partial charge in [-0.3, -0.25) is 9.48 Å². The zero-order valence-electron chi connectivity index (χ0n) is 24.0. The van der Waals surface area contributed by atoms with E-state index in [0.717, 1.165) is 16.7 Å². The largest absolute Gasteiger partial charge is 0.494 e. The molecule has 11 heteroatoms. The van der Waals surface area contributed by atoms with Gasteiger partial charge in [0.2, 0.25) is 0 Å². The second-order valence-electron chi connectivity index (χ2n) is 9.33. The molecule has 1 N–H and O–H groups in total. The Morgan fingerprint density at radius 1 is 1.12 bits per heavy atom. The second-order valence-corrected chi connectivity index (χ2v) is 9.33. The fraction of sp³-hybridized carbons (Fsp3) is 0.226. The molecule has 0 unspecified atom stereocenters. The van der Waals surface area contributed by atoms with E-state index in [2.05, 4.69) is 28.8 Å². The van der Waals surface area contributed by atoms with Gasteiger partial charge in [-0.25, -0.2) is 9.40 Å². The van der Waals surface area contributed by atoms with Crippen molar-refractivity contribution in [3.63, 3.8) is 0 Å². The summed E-state index contributed by atoms with van der Waals surface area (Å²) in [5.41, 5.74) is 4.76. The number of hydrogen-bond acceptors (Lipinski definition) is 7. The Morgan fingerprint density at radius 2 is 1.86 bits per heavy atom. The van der Waals surface area contributed by atoms with Crippen molar-refractivity contribution >= 4 is 11.4 Å². The van der Waals surface area contributed by atoms with Gasteiger partial charge in [-0.15, -0.1) is 0 Å². The van der Waals surface area contributed by atoms with Crippen LogP contribution in [0, 0.1) is 5.82 Å². The molecular formula is C31H34FN7O3. The van der Waals surface area contributed by atoms with E-state index in [1.165, 1.54) is 31.4 Å². The number of nitrogens with one attached hydrogen (secondary N) is 1. The van der Waals surface area contributed by atoms with Gasteiger partial charge >= 0.3 is 0 Å². The fourth-order valence-corrected chi connectivity index (χ4v) is 4.46. The summed E-state index contributed by atoms with van der Waals surface area (Å²) >= 11 is 0. The molecule has 218 valence electrons. The highest BCUT2D eigenvalue weighted by molar-refractivity contribution is 5.64. The molecule has 0 amide bonds. The van der Waals surface area contributed by atoms with Crippen LogP contribution in [0.5, 0.6) is 5.75 Å². The van der Waals surface area contributed by atoms with Crippen molar-refractivity contribution in [2.24, 2.45) is 10.3 Å². The van der Waals surface area contributed by atoms with Gasteiger partial charge in [-0.1, -0.05) is 48.7 Å². The third-order valence-corrected chi connectivity index (χ3v) is 6.55. The zero-order chi connectivity index (χ0) is 30.1. The maximum Gasteiger partial charge on any atom is 0.250 e. The van der Waals surface area contributed by atoms with Crippen LogP contribution >= 0.6 is 0 Å². The molecule has 0 radical (unpaired) electrons. The van der Waals surface area contributed by atoms with E-state index in [4.69, 9.17) is 14.6 Å². The van der Waals surface area contributed by atoms with Crippen molar-refractivity contribution in [1.82, 2.24) is 19.7 Å². The van der Waals surface area contributed by atoms with Crippen LogP contribution < -0.4 is 20.6 Å². The Kier molecular flexibility index (Phi) is 10.0. The molecule has 0 saturated carbocycles.